The number of phenols is 1. The fourth-order valence-electron chi connectivity index (χ4n) is 9.27. The lowest BCUT2D eigenvalue weighted by Crippen LogP contribution is -2.66. The van der Waals surface area contributed by atoms with Crippen LogP contribution in [0.15, 0.2) is 120 Å². The molecule has 7 rings (SSSR count). The largest absolute Gasteiger partial charge is 0.507 e. The maximum Gasteiger partial charge on any atom is 0.455 e. The molecule has 0 radical (unpaired) electrons. The van der Waals surface area contributed by atoms with Crippen molar-refractivity contribution in [1.29, 1.82) is 0 Å². The van der Waals surface area contributed by atoms with Gasteiger partial charge in [-0.2, -0.15) is 0 Å². The molecule has 2 saturated heterocycles. The third-order valence-electron chi connectivity index (χ3n) is 11.7. The highest BCUT2D eigenvalue weighted by Crippen LogP contribution is 2.51. The molecule has 2 amide bonds. The van der Waals surface area contributed by atoms with Crippen LogP contribution in [0.3, 0.4) is 0 Å². The number of carbonyl (C=O) groups excluding carboxylic acids is 2. The number of pyridine rings is 1. The van der Waals surface area contributed by atoms with Gasteiger partial charge in [0.25, 0.3) is 8.32 Å². The first-order chi connectivity index (χ1) is 26.5. The fourth-order valence-corrected chi connectivity index (χ4v) is 13.8. The molecule has 3 heterocycles. The number of hydrogen-bond acceptors (Lipinski definition) is 7. The summed E-state index contributed by atoms with van der Waals surface area (Å²) in [5, 5.41) is 24.1. The van der Waals surface area contributed by atoms with E-state index in [2.05, 4.69) is 74.3 Å². The zero-order valence-corrected chi connectivity index (χ0v) is 33.2. The molecule has 1 aromatic heterocycles. The van der Waals surface area contributed by atoms with Crippen molar-refractivity contribution in [3.05, 3.63) is 132 Å². The molecule has 0 bridgehead atoms. The number of aromatic nitrogens is 1. The molecule has 4 atom stereocenters. The van der Waals surface area contributed by atoms with Crippen molar-refractivity contribution in [1.82, 2.24) is 9.88 Å². The van der Waals surface area contributed by atoms with E-state index >= 15 is 0 Å². The molecule has 1 aliphatic carbocycles. The first-order valence-electron chi connectivity index (χ1n) is 19.6. The van der Waals surface area contributed by atoms with Crippen molar-refractivity contribution >= 4 is 49.3 Å². The number of para-hydroxylation sites is 1. The molecule has 10 heteroatoms. The Labute approximate surface area is 326 Å². The van der Waals surface area contributed by atoms with Crippen molar-refractivity contribution in [2.24, 2.45) is 17.8 Å². The van der Waals surface area contributed by atoms with E-state index in [1.54, 1.807) is 18.3 Å². The second kappa shape index (κ2) is 16.2. The Balaban J connectivity index is 1.32. The van der Waals surface area contributed by atoms with Crippen LogP contribution in [0, 0.1) is 17.8 Å². The number of likely N-dealkylation sites (tertiary alicyclic amines) is 1. The van der Waals surface area contributed by atoms with Gasteiger partial charge in [0.05, 0.1) is 30.2 Å². The van der Waals surface area contributed by atoms with Gasteiger partial charge in [0, 0.05) is 18.3 Å². The number of fused-ring (bicyclic) bond motifs is 3. The summed E-state index contributed by atoms with van der Waals surface area (Å²) in [5.74, 6) is -1.54. The molecule has 0 unspecified atom stereocenters. The number of allylic oxidation sites excluding steroid dienone is 1. The zero-order valence-electron chi connectivity index (χ0n) is 32.2. The van der Waals surface area contributed by atoms with Gasteiger partial charge >= 0.3 is 7.12 Å². The van der Waals surface area contributed by atoms with Crippen LogP contribution in [0.4, 0.5) is 0 Å². The lowest BCUT2D eigenvalue weighted by Gasteiger charge is -2.46. The predicted octanol–water partition coefficient (Wildman–Crippen LogP) is 6.89. The smallest absolute Gasteiger partial charge is 0.455 e. The van der Waals surface area contributed by atoms with E-state index in [1.807, 2.05) is 55.5 Å². The van der Waals surface area contributed by atoms with Crippen LogP contribution >= 0.6 is 0 Å². The second-order valence-corrected chi connectivity index (χ2v) is 20.4. The van der Waals surface area contributed by atoms with E-state index in [1.165, 1.54) is 4.90 Å². The van der Waals surface area contributed by atoms with E-state index in [4.69, 9.17) is 9.08 Å². The number of imide groups is 1. The van der Waals surface area contributed by atoms with Crippen LogP contribution < -0.4 is 10.4 Å². The molecule has 0 saturated carbocycles. The molecule has 3 aliphatic rings. The average molecular weight is 755 g/mol. The number of carbonyl (C=O) groups is 2. The van der Waals surface area contributed by atoms with Gasteiger partial charge in [0.15, 0.2) is 0 Å². The first-order valence-corrected chi connectivity index (χ1v) is 21.5. The Hall–Kier alpha value is -4.61. The summed E-state index contributed by atoms with van der Waals surface area (Å²) in [6.45, 7) is 9.37. The third kappa shape index (κ3) is 7.53. The van der Waals surface area contributed by atoms with Gasteiger partial charge in [-0.25, -0.2) is 0 Å². The quantitative estimate of drug-likeness (QED) is 0.0922. The lowest BCUT2D eigenvalue weighted by molar-refractivity contribution is -0.140. The summed E-state index contributed by atoms with van der Waals surface area (Å²) in [4.78, 5) is 34.2. The molecule has 4 aromatic rings. The van der Waals surface area contributed by atoms with E-state index in [0.717, 1.165) is 32.8 Å². The van der Waals surface area contributed by atoms with Crippen molar-refractivity contribution in [2.45, 2.75) is 70.8 Å². The maximum atomic E-state index is 14.1. The standard InChI is InChI=1S/C45H51BN2O6Si/c1-5-26-48-43(50)36-28-33(30-53-55(45(2,3)4,34-17-8-6-9-18-34)35-19-10-7-11-20-35)41-37(42(36)44(48)51)29-46(52)54-40(41)24-23-31(38-21-14-15-25-47-38)27-32-16-12-13-22-39(32)49/h6-22,25,27,36-37,40,42,49,52H,5,23-24,26,28-30H2,1-4H3/b31-27-/t36-,37+,40-,42-/m1/s1. The van der Waals surface area contributed by atoms with Gasteiger partial charge in [-0.1, -0.05) is 113 Å². The lowest BCUT2D eigenvalue weighted by atomic mass is 9.58. The van der Waals surface area contributed by atoms with Gasteiger partial charge < -0.3 is 19.2 Å². The van der Waals surface area contributed by atoms with Crippen LogP contribution in [-0.4, -0.2) is 66.5 Å². The number of benzene rings is 3. The molecule has 2 aliphatic heterocycles. The normalized spacial score (nSPS) is 21.9. The highest BCUT2D eigenvalue weighted by molar-refractivity contribution is 6.99. The Morgan fingerprint density at radius 2 is 1.58 bits per heavy atom. The van der Waals surface area contributed by atoms with E-state index in [-0.39, 0.29) is 41.4 Å². The molecule has 2 N–H and O–H groups in total. The molecule has 0 spiro atoms. The highest BCUT2D eigenvalue weighted by atomic mass is 28.4. The maximum absolute atomic E-state index is 14.1. The summed E-state index contributed by atoms with van der Waals surface area (Å²) >= 11 is 0. The monoisotopic (exact) mass is 754 g/mol. The number of hydrogen-bond donors (Lipinski definition) is 2. The SMILES string of the molecule is CCCN1C(=O)[C@@H]2[C@@H](CC(CO[Si](c3ccccc3)(c3ccccc3)C(C)(C)C)=C3[C@@H](CC/C(=C/c4ccccc4O)c4ccccn4)OB(O)C[C@@H]32)C1=O. The number of aromatic hydroxyl groups is 1. The number of rotatable bonds is 12. The summed E-state index contributed by atoms with van der Waals surface area (Å²) < 4.78 is 14.0. The van der Waals surface area contributed by atoms with Gasteiger partial charge in [-0.05, 0) is 94.3 Å². The second-order valence-electron chi connectivity index (χ2n) is 16.1. The Bertz CT molecular complexity index is 2010. The van der Waals surface area contributed by atoms with Crippen molar-refractivity contribution in [2.75, 3.05) is 13.2 Å². The fraction of sp³-hybridized carbons (Fsp3) is 0.356. The number of amides is 2. The Morgan fingerprint density at radius 3 is 2.20 bits per heavy atom. The summed E-state index contributed by atoms with van der Waals surface area (Å²) in [6, 6.07) is 34.0. The van der Waals surface area contributed by atoms with E-state index in [0.29, 0.717) is 37.8 Å². The molecule has 3 aromatic carbocycles. The van der Waals surface area contributed by atoms with Crippen molar-refractivity contribution in [3.8, 4) is 5.75 Å². The number of phenolic OH excluding ortho intramolecular Hbond substituents is 1. The topological polar surface area (TPSA) is 109 Å². The molecule has 2 fully saturated rings. The minimum Gasteiger partial charge on any atom is -0.507 e. The average Bonchev–Trinajstić information content (AvgIpc) is 3.42. The minimum absolute atomic E-state index is 0.126. The third-order valence-corrected chi connectivity index (χ3v) is 16.6. The van der Waals surface area contributed by atoms with Crippen LogP contribution in [0.2, 0.25) is 11.4 Å². The highest BCUT2D eigenvalue weighted by Gasteiger charge is 2.58. The van der Waals surface area contributed by atoms with Crippen LogP contribution in [0.25, 0.3) is 11.6 Å². The Kier molecular flexibility index (Phi) is 11.4. The van der Waals surface area contributed by atoms with Gasteiger partial charge in [-0.15, -0.1) is 0 Å². The molecule has 55 heavy (non-hydrogen) atoms. The van der Waals surface area contributed by atoms with Crippen molar-refractivity contribution < 1.29 is 28.8 Å². The first kappa shape index (κ1) is 38.7. The summed E-state index contributed by atoms with van der Waals surface area (Å²) in [5.41, 5.74) is 4.32. The van der Waals surface area contributed by atoms with Gasteiger partial charge in [-0.3, -0.25) is 19.5 Å². The van der Waals surface area contributed by atoms with E-state index < -0.39 is 33.4 Å². The molecular weight excluding hydrogens is 703 g/mol. The van der Waals surface area contributed by atoms with Gasteiger partial charge in [0.1, 0.15) is 5.75 Å². The van der Waals surface area contributed by atoms with Crippen LogP contribution in [0.1, 0.15) is 64.6 Å². The number of nitrogens with zero attached hydrogens (tertiary/aromatic N) is 2. The summed E-state index contributed by atoms with van der Waals surface area (Å²) in [6.07, 6.45) is 5.48. The van der Waals surface area contributed by atoms with E-state index in [9.17, 15) is 19.7 Å². The zero-order chi connectivity index (χ0) is 38.7. The van der Waals surface area contributed by atoms with Crippen LogP contribution in [0.5, 0.6) is 5.75 Å². The predicted molar refractivity (Wildman–Crippen MR) is 220 cm³/mol. The molecule has 284 valence electrons. The summed E-state index contributed by atoms with van der Waals surface area (Å²) in [7, 11) is -4.07. The molecule has 8 nitrogen and oxygen atoms in total. The Morgan fingerprint density at radius 1 is 0.927 bits per heavy atom. The van der Waals surface area contributed by atoms with Crippen LogP contribution in [-0.2, 0) is 18.7 Å². The minimum atomic E-state index is -2.97. The van der Waals surface area contributed by atoms with Gasteiger partial charge in [0.2, 0.25) is 11.8 Å². The van der Waals surface area contributed by atoms with Crippen molar-refractivity contribution in [3.63, 3.8) is 0 Å². The molecular formula is C45H51BN2O6Si.